The first-order valence-corrected chi connectivity index (χ1v) is 15.7. The highest BCUT2D eigenvalue weighted by Crippen LogP contribution is 2.35. The molecule has 0 N–H and O–H groups in total. The van der Waals surface area contributed by atoms with Crippen LogP contribution in [0.2, 0.25) is 0 Å². The molecule has 8 rings (SSSR count). The number of nitrogens with zero attached hydrogens (tertiary/aromatic N) is 6. The first-order chi connectivity index (χ1) is 23.8. The van der Waals surface area contributed by atoms with Crippen molar-refractivity contribution in [2.24, 2.45) is 0 Å². The number of pyridine rings is 4. The highest BCUT2D eigenvalue weighted by Gasteiger charge is 2.15. The zero-order valence-electron chi connectivity index (χ0n) is 25.8. The van der Waals surface area contributed by atoms with E-state index in [0.29, 0.717) is 5.82 Å². The number of rotatable bonds is 7. The molecule has 226 valence electrons. The summed E-state index contributed by atoms with van der Waals surface area (Å²) in [4.78, 5) is 28.8. The van der Waals surface area contributed by atoms with Crippen LogP contribution < -0.4 is 0 Å². The van der Waals surface area contributed by atoms with Gasteiger partial charge in [-0.1, -0.05) is 60.7 Å². The van der Waals surface area contributed by atoms with Crippen LogP contribution in [0.3, 0.4) is 0 Å². The monoisotopic (exact) mass is 616 g/mol. The summed E-state index contributed by atoms with van der Waals surface area (Å²) < 4.78 is 0. The van der Waals surface area contributed by atoms with Crippen molar-refractivity contribution >= 4 is 0 Å². The van der Waals surface area contributed by atoms with E-state index in [4.69, 9.17) is 9.97 Å². The van der Waals surface area contributed by atoms with Crippen molar-refractivity contribution < 1.29 is 0 Å². The summed E-state index contributed by atoms with van der Waals surface area (Å²) in [5.74, 6) is 0.617. The summed E-state index contributed by atoms with van der Waals surface area (Å²) in [6, 6.07) is 48.8. The number of hydrogen-bond donors (Lipinski definition) is 0. The van der Waals surface area contributed by atoms with Crippen LogP contribution in [0.25, 0.3) is 78.9 Å². The Labute approximate surface area is 278 Å². The summed E-state index contributed by atoms with van der Waals surface area (Å²) in [5.41, 5.74) is 11.9. The molecule has 48 heavy (non-hydrogen) atoms. The quantitative estimate of drug-likeness (QED) is 0.177. The zero-order chi connectivity index (χ0) is 32.1. The summed E-state index contributed by atoms with van der Waals surface area (Å²) in [6.07, 6.45) is 7.24. The van der Waals surface area contributed by atoms with Gasteiger partial charge in [0, 0.05) is 63.7 Å². The Kier molecular flexibility index (Phi) is 7.79. The predicted molar refractivity (Wildman–Crippen MR) is 191 cm³/mol. The van der Waals surface area contributed by atoms with Gasteiger partial charge in [0.15, 0.2) is 5.82 Å². The second kappa shape index (κ2) is 13.0. The molecule has 0 saturated heterocycles. The Hall–Kier alpha value is -6.66. The van der Waals surface area contributed by atoms with Crippen molar-refractivity contribution in [1.82, 2.24) is 29.9 Å². The lowest BCUT2D eigenvalue weighted by Gasteiger charge is -2.13. The Bertz CT molecular complexity index is 2170. The standard InChI is InChI=1S/C42H28N6/c1-5-19-43-36(15-1)29-11-9-13-31(23-29)40-28-41(48-42(47-40)32-14-10-12-30(24-32)37-16-2-6-20-44-37)35-26-33(38-17-3-7-21-45-38)25-34(27-35)39-18-4-8-22-46-39/h1-28H. The second-order valence-corrected chi connectivity index (χ2v) is 11.3. The molecule has 0 amide bonds. The van der Waals surface area contributed by atoms with Crippen molar-refractivity contribution in [3.63, 3.8) is 0 Å². The molecule has 3 aromatic carbocycles. The van der Waals surface area contributed by atoms with Gasteiger partial charge in [-0.15, -0.1) is 0 Å². The average molecular weight is 617 g/mol. The third kappa shape index (κ3) is 6.10. The SMILES string of the molecule is c1ccc(-c2cccc(-c3cc(-c4cc(-c5ccccn5)cc(-c5ccccn5)c4)nc(-c4cccc(-c5ccccn5)c4)n3)c2)nc1. The molecule has 0 fully saturated rings. The molecule has 0 radical (unpaired) electrons. The highest BCUT2D eigenvalue weighted by molar-refractivity contribution is 5.81. The van der Waals surface area contributed by atoms with Crippen LogP contribution in [0, 0.1) is 0 Å². The van der Waals surface area contributed by atoms with Crippen LogP contribution in [0.4, 0.5) is 0 Å². The molecule has 0 unspecified atom stereocenters. The van der Waals surface area contributed by atoms with Crippen LogP contribution in [0.15, 0.2) is 170 Å². The second-order valence-electron chi connectivity index (χ2n) is 11.3. The zero-order valence-corrected chi connectivity index (χ0v) is 25.8. The smallest absolute Gasteiger partial charge is 0.160 e. The van der Waals surface area contributed by atoms with Crippen molar-refractivity contribution in [2.45, 2.75) is 0 Å². The maximum atomic E-state index is 5.20. The molecule has 8 aromatic rings. The van der Waals surface area contributed by atoms with E-state index in [1.54, 1.807) is 6.20 Å². The van der Waals surface area contributed by atoms with Gasteiger partial charge in [-0.25, -0.2) is 9.97 Å². The molecular weight excluding hydrogens is 589 g/mol. The number of hydrogen-bond acceptors (Lipinski definition) is 6. The fourth-order valence-corrected chi connectivity index (χ4v) is 5.73. The van der Waals surface area contributed by atoms with E-state index < -0.39 is 0 Å². The molecule has 0 bridgehead atoms. The molecule has 6 nitrogen and oxygen atoms in total. The lowest BCUT2D eigenvalue weighted by molar-refractivity contribution is 1.18. The third-order valence-corrected chi connectivity index (χ3v) is 8.08. The van der Waals surface area contributed by atoms with Gasteiger partial charge in [0.05, 0.1) is 34.2 Å². The molecule has 0 saturated carbocycles. The fraction of sp³-hybridized carbons (Fsp3) is 0. The Morgan fingerprint density at radius 1 is 0.250 bits per heavy atom. The minimum atomic E-state index is 0.617. The van der Waals surface area contributed by atoms with Crippen LogP contribution >= 0.6 is 0 Å². The van der Waals surface area contributed by atoms with Gasteiger partial charge in [-0.05, 0) is 84.9 Å². The largest absolute Gasteiger partial charge is 0.256 e. The summed E-state index contributed by atoms with van der Waals surface area (Å²) >= 11 is 0. The molecular formula is C42H28N6. The van der Waals surface area contributed by atoms with E-state index in [9.17, 15) is 0 Å². The molecule has 0 aliphatic heterocycles. The van der Waals surface area contributed by atoms with Gasteiger partial charge >= 0.3 is 0 Å². The topological polar surface area (TPSA) is 77.3 Å². The van der Waals surface area contributed by atoms with Gasteiger partial charge < -0.3 is 0 Å². The van der Waals surface area contributed by atoms with Crippen LogP contribution in [0.5, 0.6) is 0 Å². The minimum Gasteiger partial charge on any atom is -0.256 e. The first-order valence-electron chi connectivity index (χ1n) is 15.7. The number of benzene rings is 3. The fourth-order valence-electron chi connectivity index (χ4n) is 5.73. The predicted octanol–water partition coefficient (Wildman–Crippen LogP) is 9.73. The lowest BCUT2D eigenvalue weighted by atomic mass is 9.97. The molecule has 5 heterocycles. The van der Waals surface area contributed by atoms with E-state index in [-0.39, 0.29) is 0 Å². The summed E-state index contributed by atoms with van der Waals surface area (Å²) in [7, 11) is 0. The molecule has 0 aliphatic rings. The lowest BCUT2D eigenvalue weighted by Crippen LogP contribution is -1.97. The van der Waals surface area contributed by atoms with E-state index in [0.717, 1.165) is 73.1 Å². The van der Waals surface area contributed by atoms with E-state index in [1.807, 2.05) is 110 Å². The van der Waals surface area contributed by atoms with Crippen LogP contribution in [0.1, 0.15) is 0 Å². The molecule has 5 aromatic heterocycles. The molecule has 0 spiro atoms. The van der Waals surface area contributed by atoms with Gasteiger partial charge in [-0.3, -0.25) is 19.9 Å². The summed E-state index contributed by atoms with van der Waals surface area (Å²) in [5, 5.41) is 0. The highest BCUT2D eigenvalue weighted by atomic mass is 14.9. The van der Waals surface area contributed by atoms with Crippen molar-refractivity contribution in [2.75, 3.05) is 0 Å². The van der Waals surface area contributed by atoms with E-state index in [2.05, 4.69) is 74.5 Å². The van der Waals surface area contributed by atoms with Crippen molar-refractivity contribution in [3.8, 4) is 78.9 Å². The van der Waals surface area contributed by atoms with Gasteiger partial charge in [-0.2, -0.15) is 0 Å². The molecule has 0 atom stereocenters. The van der Waals surface area contributed by atoms with E-state index in [1.165, 1.54) is 0 Å². The minimum absolute atomic E-state index is 0.617. The van der Waals surface area contributed by atoms with Crippen molar-refractivity contribution in [3.05, 3.63) is 170 Å². The van der Waals surface area contributed by atoms with Gasteiger partial charge in [0.25, 0.3) is 0 Å². The maximum Gasteiger partial charge on any atom is 0.160 e. The normalized spacial score (nSPS) is 10.9. The Balaban J connectivity index is 1.33. The third-order valence-electron chi connectivity index (χ3n) is 8.08. The van der Waals surface area contributed by atoms with Crippen LogP contribution in [-0.4, -0.2) is 29.9 Å². The van der Waals surface area contributed by atoms with Crippen molar-refractivity contribution in [1.29, 1.82) is 0 Å². The van der Waals surface area contributed by atoms with Crippen LogP contribution in [-0.2, 0) is 0 Å². The maximum absolute atomic E-state index is 5.20. The van der Waals surface area contributed by atoms with Gasteiger partial charge in [0.1, 0.15) is 0 Å². The molecule has 0 aliphatic carbocycles. The average Bonchev–Trinajstić information content (AvgIpc) is 3.19. The molecule has 6 heteroatoms. The van der Waals surface area contributed by atoms with E-state index >= 15 is 0 Å². The number of aromatic nitrogens is 6. The first kappa shape index (κ1) is 28.8. The summed E-state index contributed by atoms with van der Waals surface area (Å²) in [6.45, 7) is 0. The van der Waals surface area contributed by atoms with Gasteiger partial charge in [0.2, 0.25) is 0 Å². The Morgan fingerprint density at radius 3 is 1.02 bits per heavy atom. The Morgan fingerprint density at radius 2 is 0.583 bits per heavy atom.